The van der Waals surface area contributed by atoms with Crippen molar-refractivity contribution in [2.75, 3.05) is 26.9 Å². The third-order valence-electron chi connectivity index (χ3n) is 4.03. The normalized spacial score (nSPS) is 19.8. The molecule has 1 aliphatic rings. The van der Waals surface area contributed by atoms with E-state index >= 15 is 0 Å². The van der Waals surface area contributed by atoms with E-state index in [1.807, 2.05) is 19.4 Å². The lowest BCUT2D eigenvalue weighted by atomic mass is 9.83. The summed E-state index contributed by atoms with van der Waals surface area (Å²) in [7, 11) is 1.81. The van der Waals surface area contributed by atoms with Gasteiger partial charge in [-0.05, 0) is 34.6 Å². The smallest absolute Gasteiger partial charge is 0.0878 e. The average molecular weight is 343 g/mol. The molecule has 0 spiro atoms. The van der Waals surface area contributed by atoms with Crippen molar-refractivity contribution in [2.45, 2.75) is 37.8 Å². The highest BCUT2D eigenvalue weighted by Crippen LogP contribution is 2.30. The van der Waals surface area contributed by atoms with Gasteiger partial charge in [-0.15, -0.1) is 0 Å². The quantitative estimate of drug-likeness (QED) is 0.862. The summed E-state index contributed by atoms with van der Waals surface area (Å²) in [5.74, 6) is 0. The molecule has 1 N–H and O–H groups in total. The third kappa shape index (κ3) is 3.79. The Bertz CT molecular complexity index is 405. The number of pyridine rings is 1. The fraction of sp³-hybridized carbons (Fsp3) is 0.667. The maximum atomic E-state index is 5.91. The zero-order valence-electron chi connectivity index (χ0n) is 12.2. The number of halogens is 1. The van der Waals surface area contributed by atoms with Gasteiger partial charge in [0.25, 0.3) is 0 Å². The lowest BCUT2D eigenvalue weighted by Crippen LogP contribution is -2.56. The summed E-state index contributed by atoms with van der Waals surface area (Å²) >= 11 is 3.42. The molecule has 0 amide bonds. The van der Waals surface area contributed by atoms with Crippen LogP contribution >= 0.6 is 15.9 Å². The maximum absolute atomic E-state index is 5.91. The molecule has 1 saturated heterocycles. The first-order chi connectivity index (χ1) is 9.70. The topological polar surface area (TPSA) is 43.4 Å². The first kappa shape index (κ1) is 15.9. The van der Waals surface area contributed by atoms with Gasteiger partial charge in [-0.25, -0.2) is 0 Å². The lowest BCUT2D eigenvalue weighted by molar-refractivity contribution is -0.110. The van der Waals surface area contributed by atoms with E-state index in [2.05, 4.69) is 39.2 Å². The molecular formula is C15H23BrN2O2. The Morgan fingerprint density at radius 3 is 2.75 bits per heavy atom. The van der Waals surface area contributed by atoms with Gasteiger partial charge in [0.1, 0.15) is 0 Å². The monoisotopic (exact) mass is 342 g/mol. The largest absolute Gasteiger partial charge is 0.381 e. The number of nitrogens with one attached hydrogen (secondary N) is 1. The molecule has 4 nitrogen and oxygen atoms in total. The first-order valence-electron chi connectivity index (χ1n) is 7.17. The molecular weight excluding hydrogens is 320 g/mol. The fourth-order valence-electron chi connectivity index (χ4n) is 2.84. The van der Waals surface area contributed by atoms with Crippen LogP contribution in [0.4, 0.5) is 0 Å². The Kier molecular flexibility index (Phi) is 5.96. The molecule has 0 bridgehead atoms. The van der Waals surface area contributed by atoms with Crippen LogP contribution in [0.3, 0.4) is 0 Å². The molecule has 5 heteroatoms. The zero-order chi connectivity index (χ0) is 14.4. The number of nitrogens with zero attached hydrogens (tertiary/aromatic N) is 1. The van der Waals surface area contributed by atoms with Crippen molar-refractivity contribution < 1.29 is 9.47 Å². The number of hydrogen-bond acceptors (Lipinski definition) is 4. The van der Waals surface area contributed by atoms with Gasteiger partial charge >= 0.3 is 0 Å². The molecule has 0 saturated carbocycles. The molecule has 2 rings (SSSR count). The van der Waals surface area contributed by atoms with Crippen molar-refractivity contribution in [3.8, 4) is 0 Å². The van der Waals surface area contributed by atoms with Crippen molar-refractivity contribution in [3.63, 3.8) is 0 Å². The van der Waals surface area contributed by atoms with E-state index in [0.717, 1.165) is 49.2 Å². The van der Waals surface area contributed by atoms with E-state index in [-0.39, 0.29) is 11.6 Å². The van der Waals surface area contributed by atoms with Gasteiger partial charge in [0.05, 0.1) is 5.60 Å². The molecule has 2 heterocycles. The van der Waals surface area contributed by atoms with Gasteiger partial charge in [-0.3, -0.25) is 4.98 Å². The van der Waals surface area contributed by atoms with Crippen molar-refractivity contribution in [1.82, 2.24) is 10.3 Å². The number of aromatic nitrogens is 1. The summed E-state index contributed by atoms with van der Waals surface area (Å²) in [4.78, 5) is 4.49. The maximum Gasteiger partial charge on any atom is 0.0878 e. The van der Waals surface area contributed by atoms with E-state index in [1.54, 1.807) is 0 Å². The van der Waals surface area contributed by atoms with Crippen molar-refractivity contribution in [1.29, 1.82) is 0 Å². The van der Waals surface area contributed by atoms with E-state index in [4.69, 9.17) is 9.47 Å². The predicted molar refractivity (Wildman–Crippen MR) is 82.9 cm³/mol. The second-order valence-corrected chi connectivity index (χ2v) is 6.08. The number of hydrogen-bond donors (Lipinski definition) is 1. The molecule has 1 fully saturated rings. The fourth-order valence-corrected chi connectivity index (χ4v) is 3.07. The number of methoxy groups -OCH3 is 1. The zero-order valence-corrected chi connectivity index (χ0v) is 13.8. The van der Waals surface area contributed by atoms with Crippen LogP contribution in [0.2, 0.25) is 0 Å². The summed E-state index contributed by atoms with van der Waals surface area (Å²) in [5, 5.41) is 3.57. The summed E-state index contributed by atoms with van der Waals surface area (Å²) in [6.45, 7) is 4.59. The molecule has 112 valence electrons. The number of ether oxygens (including phenoxy) is 2. The molecule has 1 unspecified atom stereocenters. The molecule has 1 aromatic rings. The second-order valence-electron chi connectivity index (χ2n) is 5.16. The standard InChI is InChI=1S/C15H23BrN2O2/c1-3-17-14(10-13-5-4-12(16)11-18-13)15(19-2)6-8-20-9-7-15/h4-5,11,14,17H,3,6-10H2,1-2H3. The lowest BCUT2D eigenvalue weighted by Gasteiger charge is -2.42. The van der Waals surface area contributed by atoms with Gasteiger partial charge in [0.2, 0.25) is 0 Å². The van der Waals surface area contributed by atoms with Gasteiger partial charge in [-0.1, -0.05) is 6.92 Å². The van der Waals surface area contributed by atoms with Crippen molar-refractivity contribution >= 4 is 15.9 Å². The predicted octanol–water partition coefficient (Wildman–Crippen LogP) is 2.56. The molecule has 1 aromatic heterocycles. The molecule has 1 atom stereocenters. The van der Waals surface area contributed by atoms with Crippen LogP contribution in [0.25, 0.3) is 0 Å². The highest BCUT2D eigenvalue weighted by atomic mass is 79.9. The minimum absolute atomic E-state index is 0.150. The highest BCUT2D eigenvalue weighted by Gasteiger charge is 2.40. The molecule has 0 aliphatic carbocycles. The van der Waals surface area contributed by atoms with E-state index in [1.165, 1.54) is 0 Å². The van der Waals surface area contributed by atoms with Crippen LogP contribution in [0.15, 0.2) is 22.8 Å². The summed E-state index contributed by atoms with van der Waals surface area (Å²) in [5.41, 5.74) is 0.935. The second kappa shape index (κ2) is 7.50. The SMILES string of the molecule is CCNC(Cc1ccc(Br)cn1)C1(OC)CCOCC1. The Hall–Kier alpha value is -0.490. The Balaban J connectivity index is 2.14. The van der Waals surface area contributed by atoms with Crippen LogP contribution in [-0.4, -0.2) is 43.5 Å². The van der Waals surface area contributed by atoms with Gasteiger partial charge < -0.3 is 14.8 Å². The van der Waals surface area contributed by atoms with Crippen LogP contribution in [0, 0.1) is 0 Å². The Morgan fingerprint density at radius 2 is 2.20 bits per heavy atom. The third-order valence-corrected chi connectivity index (χ3v) is 4.50. The number of likely N-dealkylation sites (N-methyl/N-ethyl adjacent to an activating group) is 1. The summed E-state index contributed by atoms with van der Waals surface area (Å²) in [6.07, 6.45) is 4.58. The molecule has 1 aliphatic heterocycles. The average Bonchev–Trinajstić information content (AvgIpc) is 2.49. The summed E-state index contributed by atoms with van der Waals surface area (Å²) in [6, 6.07) is 4.36. The van der Waals surface area contributed by atoms with Crippen LogP contribution in [0.5, 0.6) is 0 Å². The van der Waals surface area contributed by atoms with Gasteiger partial charge in [-0.2, -0.15) is 0 Å². The first-order valence-corrected chi connectivity index (χ1v) is 7.96. The van der Waals surface area contributed by atoms with Crippen LogP contribution in [0.1, 0.15) is 25.5 Å². The highest BCUT2D eigenvalue weighted by molar-refractivity contribution is 9.10. The van der Waals surface area contributed by atoms with Crippen molar-refractivity contribution in [3.05, 3.63) is 28.5 Å². The molecule has 20 heavy (non-hydrogen) atoms. The van der Waals surface area contributed by atoms with E-state index in [0.29, 0.717) is 0 Å². The molecule has 0 radical (unpaired) electrons. The minimum atomic E-state index is -0.150. The van der Waals surface area contributed by atoms with E-state index in [9.17, 15) is 0 Å². The van der Waals surface area contributed by atoms with E-state index < -0.39 is 0 Å². The van der Waals surface area contributed by atoms with Gasteiger partial charge in [0, 0.05) is 62.0 Å². The summed E-state index contributed by atoms with van der Waals surface area (Å²) < 4.78 is 12.4. The van der Waals surface area contributed by atoms with Crippen LogP contribution in [-0.2, 0) is 15.9 Å². The Labute approximate surface area is 129 Å². The molecule has 0 aromatic carbocycles. The van der Waals surface area contributed by atoms with Crippen molar-refractivity contribution in [2.24, 2.45) is 0 Å². The van der Waals surface area contributed by atoms with Crippen LogP contribution < -0.4 is 5.32 Å². The van der Waals surface area contributed by atoms with Gasteiger partial charge in [0.15, 0.2) is 0 Å². The minimum Gasteiger partial charge on any atom is -0.381 e. The number of rotatable bonds is 6. The Morgan fingerprint density at radius 1 is 1.45 bits per heavy atom.